The van der Waals surface area contributed by atoms with Crippen LogP contribution in [0.25, 0.3) is 11.1 Å². The van der Waals surface area contributed by atoms with Gasteiger partial charge in [-0.2, -0.15) is 0 Å². The molecular formula is C33H24N2O7. The van der Waals surface area contributed by atoms with Crippen LogP contribution < -0.4 is 10.1 Å². The number of carbonyl (C=O) groups is 4. The molecule has 0 saturated carbocycles. The van der Waals surface area contributed by atoms with Crippen molar-refractivity contribution in [3.05, 3.63) is 125 Å². The molecule has 9 nitrogen and oxygen atoms in total. The van der Waals surface area contributed by atoms with Crippen LogP contribution in [0.5, 0.6) is 5.75 Å². The Morgan fingerprint density at radius 3 is 1.95 bits per heavy atom. The van der Waals surface area contributed by atoms with Gasteiger partial charge in [0.1, 0.15) is 18.5 Å². The van der Waals surface area contributed by atoms with Crippen molar-refractivity contribution in [2.75, 3.05) is 6.61 Å². The highest BCUT2D eigenvalue weighted by Gasteiger charge is 2.44. The molecule has 3 amide bonds. The SMILES string of the molecule is O=C(N[C@H](C(=O)ON1C(=O)c2ccccc2C1=O)[C@@H]1Cc2ccccc2O1)OCC1c2ccccc2-c2ccccc21. The second kappa shape index (κ2) is 10.2. The predicted molar refractivity (Wildman–Crippen MR) is 150 cm³/mol. The number of ether oxygens (including phenoxy) is 2. The van der Waals surface area contributed by atoms with Gasteiger partial charge in [0, 0.05) is 12.3 Å². The van der Waals surface area contributed by atoms with Gasteiger partial charge in [0.25, 0.3) is 11.8 Å². The molecule has 2 atom stereocenters. The third-order valence-electron chi connectivity index (χ3n) is 7.85. The normalized spacial score (nSPS) is 17.0. The van der Waals surface area contributed by atoms with E-state index in [1.165, 1.54) is 12.1 Å². The van der Waals surface area contributed by atoms with E-state index in [4.69, 9.17) is 14.3 Å². The zero-order valence-corrected chi connectivity index (χ0v) is 22.2. The van der Waals surface area contributed by atoms with Crippen LogP contribution in [0, 0.1) is 0 Å². The van der Waals surface area contributed by atoms with Crippen molar-refractivity contribution in [2.45, 2.75) is 24.5 Å². The van der Waals surface area contributed by atoms with Crippen LogP contribution in [-0.4, -0.2) is 47.7 Å². The molecule has 1 aliphatic carbocycles. The van der Waals surface area contributed by atoms with E-state index >= 15 is 0 Å². The highest BCUT2D eigenvalue weighted by molar-refractivity contribution is 6.21. The molecule has 0 unspecified atom stereocenters. The summed E-state index contributed by atoms with van der Waals surface area (Å²) in [5.41, 5.74) is 5.35. The third kappa shape index (κ3) is 4.26. The van der Waals surface area contributed by atoms with E-state index in [9.17, 15) is 19.2 Å². The summed E-state index contributed by atoms with van der Waals surface area (Å²) in [6, 6.07) is 28.0. The fourth-order valence-electron chi connectivity index (χ4n) is 5.86. The van der Waals surface area contributed by atoms with Crippen LogP contribution in [0.4, 0.5) is 4.79 Å². The average molecular weight is 561 g/mol. The minimum absolute atomic E-state index is 0.0335. The highest BCUT2D eigenvalue weighted by Crippen LogP contribution is 2.44. The Kier molecular flexibility index (Phi) is 6.19. The Morgan fingerprint density at radius 1 is 0.786 bits per heavy atom. The lowest BCUT2D eigenvalue weighted by Crippen LogP contribution is -2.53. The first-order valence-electron chi connectivity index (χ1n) is 13.6. The Balaban J connectivity index is 1.09. The van der Waals surface area contributed by atoms with Gasteiger partial charge in [-0.05, 0) is 46.0 Å². The van der Waals surface area contributed by atoms with Crippen molar-refractivity contribution < 1.29 is 33.5 Å². The number of rotatable bonds is 6. The molecule has 2 aliphatic heterocycles. The monoisotopic (exact) mass is 560 g/mol. The fraction of sp³-hybridized carbons (Fsp3) is 0.152. The smallest absolute Gasteiger partial charge is 0.407 e. The molecule has 0 fully saturated rings. The van der Waals surface area contributed by atoms with E-state index in [0.29, 0.717) is 17.2 Å². The van der Waals surface area contributed by atoms with Gasteiger partial charge in [-0.1, -0.05) is 83.9 Å². The van der Waals surface area contributed by atoms with Gasteiger partial charge in [0.15, 0.2) is 6.04 Å². The van der Waals surface area contributed by atoms with E-state index in [1.54, 1.807) is 24.3 Å². The Morgan fingerprint density at radius 2 is 1.33 bits per heavy atom. The Labute approximate surface area is 240 Å². The molecule has 1 N–H and O–H groups in total. The Bertz CT molecular complexity index is 1660. The zero-order chi connectivity index (χ0) is 28.8. The quantitative estimate of drug-likeness (QED) is 0.342. The summed E-state index contributed by atoms with van der Waals surface area (Å²) in [4.78, 5) is 57.6. The number of alkyl carbamates (subject to hydrolysis) is 1. The van der Waals surface area contributed by atoms with E-state index in [0.717, 1.165) is 27.8 Å². The van der Waals surface area contributed by atoms with Crippen LogP contribution in [0.2, 0.25) is 0 Å². The number of hydrogen-bond acceptors (Lipinski definition) is 7. The predicted octanol–water partition coefficient (Wildman–Crippen LogP) is 4.65. The summed E-state index contributed by atoms with van der Waals surface area (Å²) >= 11 is 0. The maximum atomic E-state index is 13.5. The number of amides is 3. The van der Waals surface area contributed by atoms with Gasteiger partial charge < -0.3 is 19.6 Å². The summed E-state index contributed by atoms with van der Waals surface area (Å²) in [6.07, 6.45) is -1.42. The van der Waals surface area contributed by atoms with Crippen molar-refractivity contribution in [1.82, 2.24) is 10.4 Å². The maximum absolute atomic E-state index is 13.5. The summed E-state index contributed by atoms with van der Waals surface area (Å²) in [6.45, 7) is 0.0335. The van der Waals surface area contributed by atoms with E-state index in [1.807, 2.05) is 60.7 Å². The minimum Gasteiger partial charge on any atom is -0.487 e. The number of benzene rings is 4. The van der Waals surface area contributed by atoms with Crippen LogP contribution in [-0.2, 0) is 20.8 Å². The molecule has 2 heterocycles. The second-order valence-electron chi connectivity index (χ2n) is 10.3. The summed E-state index contributed by atoms with van der Waals surface area (Å²) in [7, 11) is 0. The van der Waals surface area contributed by atoms with Crippen molar-refractivity contribution in [3.8, 4) is 16.9 Å². The molecule has 0 aromatic heterocycles. The summed E-state index contributed by atoms with van der Waals surface area (Å²) < 4.78 is 11.6. The van der Waals surface area contributed by atoms with Crippen LogP contribution >= 0.6 is 0 Å². The molecule has 4 aromatic rings. The molecule has 4 aromatic carbocycles. The van der Waals surface area contributed by atoms with Crippen LogP contribution in [0.1, 0.15) is 43.3 Å². The molecule has 7 rings (SSSR count). The molecule has 0 radical (unpaired) electrons. The third-order valence-corrected chi connectivity index (χ3v) is 7.85. The topological polar surface area (TPSA) is 111 Å². The van der Waals surface area contributed by atoms with Gasteiger partial charge in [-0.3, -0.25) is 9.59 Å². The van der Waals surface area contributed by atoms with Gasteiger partial charge in [0.2, 0.25) is 0 Å². The Hall–Kier alpha value is -5.44. The molecule has 0 saturated heterocycles. The zero-order valence-electron chi connectivity index (χ0n) is 22.2. The molecule has 42 heavy (non-hydrogen) atoms. The van der Waals surface area contributed by atoms with Gasteiger partial charge in [-0.25, -0.2) is 9.59 Å². The second-order valence-corrected chi connectivity index (χ2v) is 10.3. The van der Waals surface area contributed by atoms with Crippen molar-refractivity contribution in [2.24, 2.45) is 0 Å². The molecule has 0 spiro atoms. The lowest BCUT2D eigenvalue weighted by Gasteiger charge is -2.24. The van der Waals surface area contributed by atoms with E-state index < -0.39 is 36.0 Å². The van der Waals surface area contributed by atoms with E-state index in [2.05, 4.69) is 5.32 Å². The first kappa shape index (κ1) is 25.5. The van der Waals surface area contributed by atoms with Gasteiger partial charge in [0.05, 0.1) is 11.1 Å². The van der Waals surface area contributed by atoms with Crippen LogP contribution in [0.3, 0.4) is 0 Å². The number of hydroxylamine groups is 2. The molecule has 9 heteroatoms. The number of imide groups is 1. The van der Waals surface area contributed by atoms with Gasteiger partial charge >= 0.3 is 12.1 Å². The summed E-state index contributed by atoms with van der Waals surface area (Å²) in [5.74, 6) is -2.18. The molecular weight excluding hydrogens is 536 g/mol. The molecule has 208 valence electrons. The van der Waals surface area contributed by atoms with Crippen molar-refractivity contribution >= 4 is 23.9 Å². The lowest BCUT2D eigenvalue weighted by atomic mass is 9.98. The number of para-hydroxylation sites is 1. The standard InChI is InChI=1S/C33H24N2O7/c36-30-24-14-6-7-15-25(24)31(37)35(30)42-32(38)29(28-17-19-9-1-8-16-27(19)41-28)34-33(39)40-18-26-22-12-4-2-10-20(22)21-11-3-5-13-23(21)26/h1-16,26,28-29H,17-18H2,(H,34,39)/t28-,29-/m0/s1. The largest absolute Gasteiger partial charge is 0.487 e. The molecule has 0 bridgehead atoms. The number of fused-ring (bicyclic) bond motifs is 5. The first-order chi connectivity index (χ1) is 20.5. The highest BCUT2D eigenvalue weighted by atomic mass is 16.7. The van der Waals surface area contributed by atoms with Crippen LogP contribution in [0.15, 0.2) is 97.1 Å². The minimum atomic E-state index is -1.38. The number of carbonyl (C=O) groups excluding carboxylic acids is 4. The lowest BCUT2D eigenvalue weighted by molar-refractivity contribution is -0.173. The molecule has 3 aliphatic rings. The van der Waals surface area contributed by atoms with E-state index in [-0.39, 0.29) is 23.7 Å². The van der Waals surface area contributed by atoms with Gasteiger partial charge in [-0.15, -0.1) is 0 Å². The maximum Gasteiger partial charge on any atom is 0.407 e. The number of nitrogens with zero attached hydrogens (tertiary/aromatic N) is 1. The number of hydrogen-bond donors (Lipinski definition) is 1. The average Bonchev–Trinajstić information content (AvgIpc) is 3.66. The fourth-order valence-corrected chi connectivity index (χ4v) is 5.86. The van der Waals surface area contributed by atoms with Crippen molar-refractivity contribution in [3.63, 3.8) is 0 Å². The summed E-state index contributed by atoms with van der Waals surface area (Å²) in [5, 5.41) is 3.00. The number of nitrogens with one attached hydrogen (secondary N) is 1. The van der Waals surface area contributed by atoms with Crippen molar-refractivity contribution in [1.29, 1.82) is 0 Å². The first-order valence-corrected chi connectivity index (χ1v) is 13.6.